The maximum atomic E-state index is 10.4. The van der Waals surface area contributed by atoms with E-state index in [1.807, 2.05) is 6.07 Å². The topological polar surface area (TPSA) is 48.0 Å². The van der Waals surface area contributed by atoms with Gasteiger partial charge in [0.15, 0.2) is 0 Å². The first-order valence-corrected chi connectivity index (χ1v) is 9.90. The van der Waals surface area contributed by atoms with E-state index >= 15 is 0 Å². The zero-order valence-corrected chi connectivity index (χ0v) is 16.1. The van der Waals surface area contributed by atoms with Crippen LogP contribution < -0.4 is 5.32 Å². The van der Waals surface area contributed by atoms with Crippen LogP contribution in [0.1, 0.15) is 28.4 Å². The number of aromatic nitrogens is 1. The quantitative estimate of drug-likeness (QED) is 0.362. The minimum atomic E-state index is 0.00725. The van der Waals surface area contributed by atoms with Crippen molar-refractivity contribution in [1.82, 2.24) is 10.3 Å². The fourth-order valence-electron chi connectivity index (χ4n) is 3.38. The van der Waals surface area contributed by atoms with E-state index < -0.39 is 0 Å². The number of aromatic amines is 1. The van der Waals surface area contributed by atoms with Crippen LogP contribution in [0, 0.1) is 0 Å². The number of H-pyrrole nitrogens is 1. The molecule has 2 aromatic carbocycles. The molecule has 4 rings (SSSR count). The summed E-state index contributed by atoms with van der Waals surface area (Å²) in [7, 11) is 0. The number of phenolic OH excluding ortho intramolecular Hbond substituents is 1. The van der Waals surface area contributed by atoms with E-state index in [-0.39, 0.29) is 6.04 Å². The van der Waals surface area contributed by atoms with E-state index in [1.165, 1.54) is 22.2 Å². The van der Waals surface area contributed by atoms with Gasteiger partial charge in [-0.2, -0.15) is 0 Å². The van der Waals surface area contributed by atoms with Gasteiger partial charge in [0.2, 0.25) is 0 Å². The lowest BCUT2D eigenvalue weighted by atomic mass is 9.93. The summed E-state index contributed by atoms with van der Waals surface area (Å²) in [6.07, 6.45) is 0.995. The number of rotatable bonds is 2. The summed E-state index contributed by atoms with van der Waals surface area (Å²) in [4.78, 5) is 3.56. The first-order chi connectivity index (χ1) is 11.2. The molecule has 0 radical (unpaired) electrons. The summed E-state index contributed by atoms with van der Waals surface area (Å²) in [5.74, 6) is 0.351. The molecule has 0 amide bonds. The summed E-state index contributed by atoms with van der Waals surface area (Å²) in [6.45, 7) is 0.908. The largest absolute Gasteiger partial charge is 0.508 e. The SMILES string of the molecule is Oc1ccc(CI)cc1C1NCCc2c1[nH]c1ccc(Br)cc21. The molecule has 1 aliphatic rings. The van der Waals surface area contributed by atoms with Gasteiger partial charge in [-0.1, -0.05) is 44.6 Å². The smallest absolute Gasteiger partial charge is 0.120 e. The van der Waals surface area contributed by atoms with Crippen LogP contribution in [0.3, 0.4) is 0 Å². The van der Waals surface area contributed by atoms with Crippen molar-refractivity contribution >= 4 is 49.4 Å². The van der Waals surface area contributed by atoms with E-state index in [0.717, 1.165) is 32.9 Å². The van der Waals surface area contributed by atoms with Crippen molar-refractivity contribution < 1.29 is 5.11 Å². The Kier molecular flexibility index (Phi) is 4.11. The van der Waals surface area contributed by atoms with Crippen molar-refractivity contribution in [2.45, 2.75) is 16.9 Å². The lowest BCUT2D eigenvalue weighted by Gasteiger charge is -2.25. The average molecular weight is 483 g/mol. The van der Waals surface area contributed by atoms with Crippen LogP contribution in [0.4, 0.5) is 0 Å². The second kappa shape index (κ2) is 6.11. The van der Waals surface area contributed by atoms with Crippen LogP contribution in [0.5, 0.6) is 5.75 Å². The average Bonchev–Trinajstić information content (AvgIpc) is 2.93. The van der Waals surface area contributed by atoms with Crippen molar-refractivity contribution in [3.05, 3.63) is 63.3 Å². The number of halogens is 2. The summed E-state index contributed by atoms with van der Waals surface area (Å²) in [5.41, 5.74) is 5.85. The van der Waals surface area contributed by atoms with Crippen molar-refractivity contribution in [2.24, 2.45) is 0 Å². The number of hydrogen-bond acceptors (Lipinski definition) is 2. The molecule has 3 N–H and O–H groups in total. The number of nitrogens with one attached hydrogen (secondary N) is 2. The molecule has 0 bridgehead atoms. The van der Waals surface area contributed by atoms with Crippen molar-refractivity contribution in [3.63, 3.8) is 0 Å². The molecule has 118 valence electrons. The molecule has 23 heavy (non-hydrogen) atoms. The van der Waals surface area contributed by atoms with Crippen LogP contribution in [0.2, 0.25) is 0 Å². The normalized spacial score (nSPS) is 17.4. The molecule has 5 heteroatoms. The number of phenols is 1. The molecule has 1 aromatic heterocycles. The Hall–Kier alpha value is -1.05. The van der Waals surface area contributed by atoms with Gasteiger partial charge in [0.05, 0.1) is 6.04 Å². The molecular formula is C18H16BrIN2O. The van der Waals surface area contributed by atoms with Gasteiger partial charge < -0.3 is 15.4 Å². The van der Waals surface area contributed by atoms with Gasteiger partial charge in [-0.05, 0) is 47.9 Å². The van der Waals surface area contributed by atoms with Gasteiger partial charge in [0, 0.05) is 37.6 Å². The highest BCUT2D eigenvalue weighted by molar-refractivity contribution is 14.1. The minimum Gasteiger partial charge on any atom is -0.508 e. The highest BCUT2D eigenvalue weighted by atomic mass is 127. The number of hydrogen-bond donors (Lipinski definition) is 3. The molecule has 1 atom stereocenters. The Morgan fingerprint density at radius 2 is 2.09 bits per heavy atom. The Balaban J connectivity index is 1.89. The molecule has 1 aliphatic heterocycles. The Labute approximate surface area is 156 Å². The Bertz CT molecular complexity index is 890. The molecule has 0 aliphatic carbocycles. The highest BCUT2D eigenvalue weighted by Crippen LogP contribution is 2.37. The maximum Gasteiger partial charge on any atom is 0.120 e. The monoisotopic (exact) mass is 482 g/mol. The van der Waals surface area contributed by atoms with Gasteiger partial charge in [0.1, 0.15) is 5.75 Å². The zero-order valence-electron chi connectivity index (χ0n) is 12.4. The lowest BCUT2D eigenvalue weighted by Crippen LogP contribution is -2.30. The summed E-state index contributed by atoms with van der Waals surface area (Å²) >= 11 is 5.92. The van der Waals surface area contributed by atoms with E-state index in [0.29, 0.717) is 5.75 Å². The Morgan fingerprint density at radius 1 is 1.22 bits per heavy atom. The van der Waals surface area contributed by atoms with Crippen LogP contribution in [0.25, 0.3) is 10.9 Å². The molecule has 0 saturated heterocycles. The molecular weight excluding hydrogens is 467 g/mol. The molecule has 3 nitrogen and oxygen atoms in total. The maximum absolute atomic E-state index is 10.4. The predicted octanol–water partition coefficient (Wildman–Crippen LogP) is 4.81. The summed E-state index contributed by atoms with van der Waals surface area (Å²) in [5, 5.41) is 15.2. The molecule has 3 aromatic rings. The van der Waals surface area contributed by atoms with E-state index in [4.69, 9.17) is 0 Å². The molecule has 0 saturated carbocycles. The van der Waals surface area contributed by atoms with Crippen molar-refractivity contribution in [3.8, 4) is 5.75 Å². The standard InChI is InChI=1S/C18H16BrIN2O/c19-11-2-3-15-13(8-11)12-5-6-21-17(18(12)22-15)14-7-10(9-20)1-4-16(14)23/h1-4,7-8,17,21-23H,5-6,9H2. The molecule has 2 heterocycles. The zero-order chi connectivity index (χ0) is 16.0. The number of fused-ring (bicyclic) bond motifs is 3. The first kappa shape index (κ1) is 15.5. The van der Waals surface area contributed by atoms with Gasteiger partial charge in [-0.3, -0.25) is 0 Å². The number of alkyl halides is 1. The van der Waals surface area contributed by atoms with Crippen molar-refractivity contribution in [2.75, 3.05) is 6.54 Å². The van der Waals surface area contributed by atoms with E-state index in [2.05, 4.69) is 73.1 Å². The van der Waals surface area contributed by atoms with Crippen LogP contribution in [-0.4, -0.2) is 16.6 Å². The summed E-state index contributed by atoms with van der Waals surface area (Å²) in [6, 6.07) is 12.2. The van der Waals surface area contributed by atoms with Gasteiger partial charge >= 0.3 is 0 Å². The van der Waals surface area contributed by atoms with Crippen LogP contribution >= 0.6 is 38.5 Å². The Morgan fingerprint density at radius 3 is 2.91 bits per heavy atom. The molecule has 1 unspecified atom stereocenters. The lowest BCUT2D eigenvalue weighted by molar-refractivity contribution is 0.452. The second-order valence-corrected chi connectivity index (χ2v) is 7.55. The number of benzene rings is 2. The van der Waals surface area contributed by atoms with E-state index in [1.54, 1.807) is 6.07 Å². The number of aromatic hydroxyl groups is 1. The molecule has 0 fully saturated rings. The van der Waals surface area contributed by atoms with Gasteiger partial charge in [0.25, 0.3) is 0 Å². The third-order valence-electron chi connectivity index (χ3n) is 4.47. The third-order valence-corrected chi connectivity index (χ3v) is 5.84. The fourth-order valence-corrected chi connectivity index (χ4v) is 4.22. The van der Waals surface area contributed by atoms with Crippen LogP contribution in [-0.2, 0) is 10.8 Å². The molecule has 0 spiro atoms. The second-order valence-electron chi connectivity index (χ2n) is 5.87. The third kappa shape index (κ3) is 2.68. The highest BCUT2D eigenvalue weighted by Gasteiger charge is 2.27. The minimum absolute atomic E-state index is 0.00725. The van der Waals surface area contributed by atoms with Crippen LogP contribution in [0.15, 0.2) is 40.9 Å². The fraction of sp³-hybridized carbons (Fsp3) is 0.222. The predicted molar refractivity (Wildman–Crippen MR) is 105 cm³/mol. The van der Waals surface area contributed by atoms with E-state index in [9.17, 15) is 5.11 Å². The summed E-state index contributed by atoms with van der Waals surface area (Å²) < 4.78 is 2.03. The van der Waals surface area contributed by atoms with Crippen molar-refractivity contribution in [1.29, 1.82) is 0 Å². The first-order valence-electron chi connectivity index (χ1n) is 7.58. The van der Waals surface area contributed by atoms with Gasteiger partial charge in [-0.15, -0.1) is 0 Å². The van der Waals surface area contributed by atoms with Gasteiger partial charge in [-0.25, -0.2) is 0 Å².